The molecule has 2 rings (SSSR count). The monoisotopic (exact) mass is 301 g/mol. The predicted octanol–water partition coefficient (Wildman–Crippen LogP) is 1.16. The number of carboxylic acids is 1. The normalized spacial score (nSPS) is 19.2. The van der Waals surface area contributed by atoms with Gasteiger partial charge in [0.15, 0.2) is 0 Å². The zero-order valence-corrected chi connectivity index (χ0v) is 12.1. The van der Waals surface area contributed by atoms with E-state index in [0.29, 0.717) is 18.8 Å². The minimum atomic E-state index is -0.951. The third-order valence-corrected chi connectivity index (χ3v) is 4.67. The molecular formula is C11H15N3O3S2. The van der Waals surface area contributed by atoms with Crippen LogP contribution < -0.4 is 5.32 Å². The number of hydrogen-bond donors (Lipinski definition) is 2. The molecular weight excluding hydrogens is 286 g/mol. The molecule has 1 aliphatic heterocycles. The van der Waals surface area contributed by atoms with Crippen LogP contribution in [0.5, 0.6) is 0 Å². The Labute approximate surface area is 119 Å². The third kappa shape index (κ3) is 3.60. The molecule has 1 unspecified atom stereocenters. The average molecular weight is 301 g/mol. The van der Waals surface area contributed by atoms with Gasteiger partial charge >= 0.3 is 12.0 Å². The van der Waals surface area contributed by atoms with Crippen molar-refractivity contribution in [1.82, 2.24) is 15.2 Å². The maximum absolute atomic E-state index is 12.0. The van der Waals surface area contributed by atoms with Crippen LogP contribution in [0.2, 0.25) is 0 Å². The van der Waals surface area contributed by atoms with E-state index in [0.717, 1.165) is 15.6 Å². The van der Waals surface area contributed by atoms with Crippen molar-refractivity contribution in [3.05, 3.63) is 16.1 Å². The molecule has 1 aromatic heterocycles. The van der Waals surface area contributed by atoms with Crippen LogP contribution in [-0.2, 0) is 11.3 Å². The molecule has 0 bridgehead atoms. The van der Waals surface area contributed by atoms with Crippen molar-refractivity contribution in [1.29, 1.82) is 0 Å². The third-order valence-electron chi connectivity index (χ3n) is 2.73. The van der Waals surface area contributed by atoms with Crippen molar-refractivity contribution in [2.45, 2.75) is 19.5 Å². The molecule has 0 radical (unpaired) electrons. The fourth-order valence-corrected chi connectivity index (χ4v) is 3.55. The lowest BCUT2D eigenvalue weighted by molar-refractivity contribution is -0.141. The summed E-state index contributed by atoms with van der Waals surface area (Å²) in [5, 5.41) is 12.7. The van der Waals surface area contributed by atoms with Gasteiger partial charge in [-0.1, -0.05) is 0 Å². The second-order valence-corrected chi connectivity index (χ2v) is 6.61. The number of thiazole rings is 1. The van der Waals surface area contributed by atoms with Gasteiger partial charge < -0.3 is 15.3 Å². The topological polar surface area (TPSA) is 82.5 Å². The zero-order valence-electron chi connectivity index (χ0n) is 10.5. The number of carboxylic acid groups (broad SMARTS) is 1. The van der Waals surface area contributed by atoms with Crippen LogP contribution in [0.3, 0.4) is 0 Å². The van der Waals surface area contributed by atoms with Crippen molar-refractivity contribution < 1.29 is 14.7 Å². The molecule has 1 aromatic rings. The Bertz CT molecular complexity index is 478. The molecule has 8 heteroatoms. The first kappa shape index (κ1) is 14.1. The number of rotatable bonds is 3. The number of nitrogens with zero attached hydrogens (tertiary/aromatic N) is 2. The predicted molar refractivity (Wildman–Crippen MR) is 74.5 cm³/mol. The minimum Gasteiger partial charge on any atom is -0.480 e. The molecule has 1 atom stereocenters. The van der Waals surface area contributed by atoms with Gasteiger partial charge in [0, 0.05) is 29.1 Å². The van der Waals surface area contributed by atoms with Crippen LogP contribution in [0.4, 0.5) is 4.79 Å². The summed E-state index contributed by atoms with van der Waals surface area (Å²) in [4.78, 5) is 29.7. The Kier molecular flexibility index (Phi) is 4.65. The number of amides is 2. The van der Waals surface area contributed by atoms with E-state index in [1.54, 1.807) is 18.0 Å². The first-order valence-corrected chi connectivity index (χ1v) is 7.81. The van der Waals surface area contributed by atoms with Crippen LogP contribution in [0, 0.1) is 6.92 Å². The van der Waals surface area contributed by atoms with E-state index in [-0.39, 0.29) is 6.03 Å². The Balaban J connectivity index is 1.92. The second-order valence-electron chi connectivity index (χ2n) is 4.15. The summed E-state index contributed by atoms with van der Waals surface area (Å²) < 4.78 is 0. The molecule has 19 heavy (non-hydrogen) atoms. The average Bonchev–Trinajstić information content (AvgIpc) is 2.81. The lowest BCUT2D eigenvalue weighted by atomic mass is 10.3. The highest BCUT2D eigenvalue weighted by Gasteiger charge is 2.32. The fraction of sp³-hybridized carbons (Fsp3) is 0.545. The van der Waals surface area contributed by atoms with Gasteiger partial charge in [0.05, 0.1) is 6.54 Å². The standard InChI is InChI=1S/C11H15N3O3S2/c1-7-4-12-9(19-7)5-13-11(17)14-2-3-18-6-8(14)10(15)16/h4,8H,2-3,5-6H2,1H3,(H,13,17)(H,15,16). The van der Waals surface area contributed by atoms with Gasteiger partial charge in [-0.2, -0.15) is 11.8 Å². The highest BCUT2D eigenvalue weighted by Crippen LogP contribution is 2.17. The van der Waals surface area contributed by atoms with Gasteiger partial charge in [0.1, 0.15) is 11.0 Å². The van der Waals surface area contributed by atoms with Crippen LogP contribution in [-0.4, -0.2) is 51.1 Å². The molecule has 1 aliphatic rings. The van der Waals surface area contributed by atoms with Gasteiger partial charge in [-0.25, -0.2) is 14.6 Å². The molecule has 1 fully saturated rings. The van der Waals surface area contributed by atoms with E-state index in [2.05, 4.69) is 10.3 Å². The SMILES string of the molecule is Cc1cnc(CNC(=O)N2CCSCC2C(=O)O)s1. The second kappa shape index (κ2) is 6.25. The Morgan fingerprint density at radius 3 is 3.05 bits per heavy atom. The highest BCUT2D eigenvalue weighted by atomic mass is 32.2. The number of hydrogen-bond acceptors (Lipinski definition) is 5. The molecule has 0 spiro atoms. The van der Waals surface area contributed by atoms with E-state index in [9.17, 15) is 9.59 Å². The van der Waals surface area contributed by atoms with Gasteiger partial charge in [-0.15, -0.1) is 11.3 Å². The molecule has 1 saturated heterocycles. The fourth-order valence-electron chi connectivity index (χ4n) is 1.79. The zero-order chi connectivity index (χ0) is 13.8. The number of thioether (sulfide) groups is 1. The first-order chi connectivity index (χ1) is 9.08. The molecule has 0 aromatic carbocycles. The van der Waals surface area contributed by atoms with Gasteiger partial charge in [-0.3, -0.25) is 0 Å². The Morgan fingerprint density at radius 1 is 1.63 bits per heavy atom. The summed E-state index contributed by atoms with van der Waals surface area (Å²) in [6, 6.07) is -1.07. The van der Waals surface area contributed by atoms with Crippen molar-refractivity contribution in [3.8, 4) is 0 Å². The van der Waals surface area contributed by atoms with Crippen LogP contribution in [0.25, 0.3) is 0 Å². The molecule has 6 nitrogen and oxygen atoms in total. The van der Waals surface area contributed by atoms with Gasteiger partial charge in [0.2, 0.25) is 0 Å². The van der Waals surface area contributed by atoms with E-state index >= 15 is 0 Å². The van der Waals surface area contributed by atoms with Crippen LogP contribution in [0.1, 0.15) is 9.88 Å². The van der Waals surface area contributed by atoms with Gasteiger partial charge in [-0.05, 0) is 6.92 Å². The van der Waals surface area contributed by atoms with E-state index < -0.39 is 12.0 Å². The summed E-state index contributed by atoms with van der Waals surface area (Å²) in [7, 11) is 0. The smallest absolute Gasteiger partial charge is 0.327 e. The number of aliphatic carboxylic acids is 1. The quantitative estimate of drug-likeness (QED) is 0.875. The molecule has 104 valence electrons. The van der Waals surface area contributed by atoms with Crippen molar-refractivity contribution >= 4 is 35.1 Å². The lowest BCUT2D eigenvalue weighted by Crippen LogP contribution is -2.53. The summed E-state index contributed by atoms with van der Waals surface area (Å²) in [6.45, 7) is 2.75. The van der Waals surface area contributed by atoms with E-state index in [4.69, 9.17) is 5.11 Å². The molecule has 2 heterocycles. The summed E-state index contributed by atoms with van der Waals surface area (Å²) in [6.07, 6.45) is 1.75. The first-order valence-electron chi connectivity index (χ1n) is 5.84. The number of aryl methyl sites for hydroxylation is 1. The van der Waals surface area contributed by atoms with E-state index in [1.165, 1.54) is 16.2 Å². The minimum absolute atomic E-state index is 0.333. The number of nitrogens with one attached hydrogen (secondary N) is 1. The summed E-state index contributed by atoms with van der Waals surface area (Å²) >= 11 is 3.08. The molecule has 2 N–H and O–H groups in total. The largest absolute Gasteiger partial charge is 0.480 e. The highest BCUT2D eigenvalue weighted by molar-refractivity contribution is 7.99. The molecule has 2 amide bonds. The van der Waals surface area contributed by atoms with E-state index in [1.807, 2.05) is 6.92 Å². The lowest BCUT2D eigenvalue weighted by Gasteiger charge is -2.32. The number of aromatic nitrogens is 1. The number of carbonyl (C=O) groups excluding carboxylic acids is 1. The van der Waals surface area contributed by atoms with Crippen LogP contribution in [0.15, 0.2) is 6.20 Å². The van der Waals surface area contributed by atoms with Gasteiger partial charge in [0.25, 0.3) is 0 Å². The van der Waals surface area contributed by atoms with Crippen molar-refractivity contribution in [2.75, 3.05) is 18.1 Å². The molecule has 0 aliphatic carbocycles. The summed E-state index contributed by atoms with van der Waals surface area (Å²) in [5.41, 5.74) is 0. The van der Waals surface area contributed by atoms with Crippen LogP contribution >= 0.6 is 23.1 Å². The Morgan fingerprint density at radius 2 is 2.42 bits per heavy atom. The van der Waals surface area contributed by atoms with Crippen molar-refractivity contribution in [3.63, 3.8) is 0 Å². The summed E-state index contributed by atoms with van der Waals surface area (Å²) in [5.74, 6) is 0.264. The maximum Gasteiger partial charge on any atom is 0.327 e. The maximum atomic E-state index is 12.0. The number of carbonyl (C=O) groups is 2. The Hall–Kier alpha value is -1.28. The number of urea groups is 1. The van der Waals surface area contributed by atoms with Crippen molar-refractivity contribution in [2.24, 2.45) is 0 Å². The molecule has 0 saturated carbocycles.